The van der Waals surface area contributed by atoms with E-state index in [1.54, 1.807) is 6.92 Å². The van der Waals surface area contributed by atoms with Crippen LogP contribution in [-0.2, 0) is 19.0 Å². The number of hydrogen-bond donors (Lipinski definition) is 1. The first kappa shape index (κ1) is 15.3. The summed E-state index contributed by atoms with van der Waals surface area (Å²) in [6.07, 6.45) is -0.569. The molecule has 0 amide bonds. The second-order valence-electron chi connectivity index (χ2n) is 4.45. The number of nitrogens with two attached hydrogens (primary N) is 1. The fraction of sp³-hybridized carbons (Fsp3) is 0.909. The summed E-state index contributed by atoms with van der Waals surface area (Å²) < 4.78 is 15.5. The Morgan fingerprint density at radius 1 is 1.25 bits per heavy atom. The lowest BCUT2D eigenvalue weighted by atomic mass is 10.2. The zero-order valence-corrected chi connectivity index (χ0v) is 10.6. The molecule has 0 fully saturated rings. The summed E-state index contributed by atoms with van der Waals surface area (Å²) in [4.78, 5) is 11.5. The van der Waals surface area contributed by atoms with Gasteiger partial charge in [0.1, 0.15) is 5.60 Å². The lowest BCUT2D eigenvalue weighted by Crippen LogP contribution is -2.32. The number of ether oxygens (including phenoxy) is 3. The molecule has 0 aliphatic heterocycles. The molecule has 0 aromatic carbocycles. The summed E-state index contributed by atoms with van der Waals surface area (Å²) in [5.41, 5.74) is 4.77. The maximum absolute atomic E-state index is 11.5. The Bertz CT molecular complexity index is 201. The van der Waals surface area contributed by atoms with Crippen molar-refractivity contribution >= 4 is 5.97 Å². The van der Waals surface area contributed by atoms with Crippen molar-refractivity contribution in [3.63, 3.8) is 0 Å². The van der Waals surface area contributed by atoms with Crippen molar-refractivity contribution in [1.29, 1.82) is 0 Å². The second kappa shape index (κ2) is 7.60. The highest BCUT2D eigenvalue weighted by atomic mass is 16.6. The minimum Gasteiger partial charge on any atom is -0.458 e. The molecule has 5 heteroatoms. The van der Waals surface area contributed by atoms with Crippen LogP contribution in [0.15, 0.2) is 0 Å². The van der Waals surface area contributed by atoms with E-state index in [-0.39, 0.29) is 5.97 Å². The molecule has 0 bridgehead atoms. The summed E-state index contributed by atoms with van der Waals surface area (Å²) in [6.45, 7) is 8.92. The van der Waals surface area contributed by atoms with Crippen LogP contribution >= 0.6 is 0 Å². The number of esters is 1. The van der Waals surface area contributed by atoms with Gasteiger partial charge in [-0.05, 0) is 27.7 Å². The number of carbonyl (C=O) groups is 1. The van der Waals surface area contributed by atoms with Crippen LogP contribution in [0.3, 0.4) is 0 Å². The monoisotopic (exact) mass is 233 g/mol. The van der Waals surface area contributed by atoms with Gasteiger partial charge in [-0.2, -0.15) is 0 Å². The molecule has 1 unspecified atom stereocenters. The minimum absolute atomic E-state index is 0.355. The fourth-order valence-corrected chi connectivity index (χ4v) is 0.922. The van der Waals surface area contributed by atoms with Gasteiger partial charge < -0.3 is 19.9 Å². The van der Waals surface area contributed by atoms with Crippen LogP contribution in [-0.4, -0.2) is 44.0 Å². The van der Waals surface area contributed by atoms with Gasteiger partial charge in [-0.15, -0.1) is 0 Å². The Morgan fingerprint density at radius 3 is 2.38 bits per heavy atom. The van der Waals surface area contributed by atoms with E-state index in [0.717, 1.165) is 0 Å². The molecule has 0 radical (unpaired) electrons. The molecule has 16 heavy (non-hydrogen) atoms. The van der Waals surface area contributed by atoms with E-state index in [1.165, 1.54) is 0 Å². The molecular weight excluding hydrogens is 210 g/mol. The first-order chi connectivity index (χ1) is 7.37. The van der Waals surface area contributed by atoms with Crippen molar-refractivity contribution < 1.29 is 19.0 Å². The zero-order valence-electron chi connectivity index (χ0n) is 10.6. The maximum atomic E-state index is 11.5. The average Bonchev–Trinajstić information content (AvgIpc) is 2.14. The molecule has 0 aliphatic carbocycles. The second-order valence-corrected chi connectivity index (χ2v) is 4.45. The van der Waals surface area contributed by atoms with Crippen LogP contribution in [0.25, 0.3) is 0 Å². The van der Waals surface area contributed by atoms with E-state index in [2.05, 4.69) is 0 Å². The summed E-state index contributed by atoms with van der Waals surface area (Å²) >= 11 is 0. The molecule has 1 atom stereocenters. The molecule has 0 heterocycles. The minimum atomic E-state index is -0.569. The summed E-state index contributed by atoms with van der Waals surface area (Å²) in [5, 5.41) is 0. The molecule has 0 aromatic rings. The van der Waals surface area contributed by atoms with Crippen LogP contribution < -0.4 is 5.73 Å². The first-order valence-electron chi connectivity index (χ1n) is 5.49. The largest absolute Gasteiger partial charge is 0.458 e. The quantitative estimate of drug-likeness (QED) is 0.518. The predicted octanol–water partition coefficient (Wildman–Crippen LogP) is 0.709. The van der Waals surface area contributed by atoms with Crippen LogP contribution in [0.4, 0.5) is 0 Å². The molecule has 0 spiro atoms. The third kappa shape index (κ3) is 8.64. The van der Waals surface area contributed by atoms with Crippen LogP contribution in [0.5, 0.6) is 0 Å². The van der Waals surface area contributed by atoms with E-state index >= 15 is 0 Å². The highest BCUT2D eigenvalue weighted by Crippen LogP contribution is 2.09. The van der Waals surface area contributed by atoms with E-state index in [9.17, 15) is 4.79 Å². The van der Waals surface area contributed by atoms with E-state index in [1.807, 2.05) is 20.8 Å². The summed E-state index contributed by atoms with van der Waals surface area (Å²) in [6, 6.07) is 0. The molecule has 5 nitrogen and oxygen atoms in total. The van der Waals surface area contributed by atoms with Crippen molar-refractivity contribution in [1.82, 2.24) is 0 Å². The molecule has 96 valence electrons. The SMILES string of the molecule is CC(OCCOCCN)C(=O)OC(C)(C)C. The Morgan fingerprint density at radius 2 is 1.88 bits per heavy atom. The average molecular weight is 233 g/mol. The Hall–Kier alpha value is -0.650. The van der Waals surface area contributed by atoms with E-state index < -0.39 is 11.7 Å². The van der Waals surface area contributed by atoms with E-state index in [4.69, 9.17) is 19.9 Å². The van der Waals surface area contributed by atoms with Gasteiger partial charge in [0.25, 0.3) is 0 Å². The summed E-state index contributed by atoms with van der Waals surface area (Å²) in [5.74, 6) is -0.355. The lowest BCUT2D eigenvalue weighted by Gasteiger charge is -2.22. The third-order valence-electron chi connectivity index (χ3n) is 1.60. The van der Waals surface area contributed by atoms with Crippen molar-refractivity contribution in [2.75, 3.05) is 26.4 Å². The molecular formula is C11H23NO4. The normalized spacial score (nSPS) is 13.6. The van der Waals surface area contributed by atoms with E-state index in [0.29, 0.717) is 26.4 Å². The predicted molar refractivity (Wildman–Crippen MR) is 61.1 cm³/mol. The van der Waals surface area contributed by atoms with Crippen LogP contribution in [0.2, 0.25) is 0 Å². The topological polar surface area (TPSA) is 70.8 Å². The first-order valence-corrected chi connectivity index (χ1v) is 5.49. The molecule has 0 aromatic heterocycles. The third-order valence-corrected chi connectivity index (χ3v) is 1.60. The van der Waals surface area contributed by atoms with Gasteiger partial charge in [-0.3, -0.25) is 0 Å². The molecule has 0 aliphatic rings. The summed E-state index contributed by atoms with van der Waals surface area (Å²) in [7, 11) is 0. The van der Waals surface area contributed by atoms with Crippen molar-refractivity contribution in [3.05, 3.63) is 0 Å². The van der Waals surface area contributed by atoms with Gasteiger partial charge in [0, 0.05) is 6.54 Å². The number of carbonyl (C=O) groups excluding carboxylic acids is 1. The smallest absolute Gasteiger partial charge is 0.335 e. The Kier molecular flexibility index (Phi) is 7.29. The molecule has 2 N–H and O–H groups in total. The van der Waals surface area contributed by atoms with Crippen LogP contribution in [0.1, 0.15) is 27.7 Å². The van der Waals surface area contributed by atoms with Crippen LogP contribution in [0, 0.1) is 0 Å². The Balaban J connectivity index is 3.64. The highest BCUT2D eigenvalue weighted by Gasteiger charge is 2.21. The highest BCUT2D eigenvalue weighted by molar-refractivity contribution is 5.74. The van der Waals surface area contributed by atoms with Crippen molar-refractivity contribution in [2.45, 2.75) is 39.4 Å². The van der Waals surface area contributed by atoms with Gasteiger partial charge in [0.05, 0.1) is 19.8 Å². The standard InChI is InChI=1S/C11H23NO4/c1-9(10(13)16-11(2,3)4)15-8-7-14-6-5-12/h9H,5-8,12H2,1-4H3. The van der Waals surface area contributed by atoms with Gasteiger partial charge in [0.15, 0.2) is 6.10 Å². The molecule has 0 rings (SSSR count). The van der Waals surface area contributed by atoms with Crippen molar-refractivity contribution in [3.8, 4) is 0 Å². The number of rotatable bonds is 7. The Labute approximate surface area is 97.2 Å². The van der Waals surface area contributed by atoms with Crippen molar-refractivity contribution in [2.24, 2.45) is 5.73 Å². The number of hydrogen-bond acceptors (Lipinski definition) is 5. The van der Waals surface area contributed by atoms with Gasteiger partial charge in [-0.25, -0.2) is 4.79 Å². The maximum Gasteiger partial charge on any atom is 0.335 e. The fourth-order valence-electron chi connectivity index (χ4n) is 0.922. The van der Waals surface area contributed by atoms with Gasteiger partial charge in [0.2, 0.25) is 0 Å². The molecule has 0 saturated heterocycles. The lowest BCUT2D eigenvalue weighted by molar-refractivity contribution is -0.168. The zero-order chi connectivity index (χ0) is 12.6. The van der Waals surface area contributed by atoms with Gasteiger partial charge >= 0.3 is 5.97 Å². The van der Waals surface area contributed by atoms with Gasteiger partial charge in [-0.1, -0.05) is 0 Å². The molecule has 0 saturated carbocycles.